The fraction of sp³-hybridized carbons (Fsp3) is 0.278. The standard InChI is InChI=1S/C18H19ClN2OS/c19-14-7-1-4-10-17(14)23-13-18(22)20-15-8-2-3-9-16(15)21-11-5-6-12-21/h1-4,7-10H,5-6,11-13H2,(H,20,22). The minimum Gasteiger partial charge on any atom is -0.370 e. The Labute approximate surface area is 146 Å². The van der Waals surface area contributed by atoms with Gasteiger partial charge in [0.05, 0.1) is 22.2 Å². The van der Waals surface area contributed by atoms with E-state index < -0.39 is 0 Å². The number of anilines is 2. The molecule has 1 N–H and O–H groups in total. The Balaban J connectivity index is 1.63. The van der Waals surface area contributed by atoms with Gasteiger partial charge in [0.1, 0.15) is 0 Å². The van der Waals surface area contributed by atoms with Gasteiger partial charge in [0.2, 0.25) is 5.91 Å². The van der Waals surface area contributed by atoms with E-state index in [0.717, 1.165) is 29.4 Å². The summed E-state index contributed by atoms with van der Waals surface area (Å²) < 4.78 is 0. The summed E-state index contributed by atoms with van der Waals surface area (Å²) in [6.45, 7) is 2.11. The van der Waals surface area contributed by atoms with E-state index in [0.29, 0.717) is 10.8 Å². The molecule has 0 spiro atoms. The first-order valence-corrected chi connectivity index (χ1v) is 9.11. The van der Waals surface area contributed by atoms with Crippen molar-refractivity contribution in [3.05, 3.63) is 53.6 Å². The number of carbonyl (C=O) groups excluding carboxylic acids is 1. The molecule has 0 aliphatic carbocycles. The first-order valence-electron chi connectivity index (χ1n) is 7.75. The number of hydrogen-bond acceptors (Lipinski definition) is 3. The third kappa shape index (κ3) is 4.21. The molecule has 1 fully saturated rings. The van der Waals surface area contributed by atoms with Crippen molar-refractivity contribution in [3.8, 4) is 0 Å². The molecule has 3 rings (SSSR count). The van der Waals surface area contributed by atoms with Gasteiger partial charge < -0.3 is 10.2 Å². The number of benzene rings is 2. The molecular formula is C18H19ClN2OS. The van der Waals surface area contributed by atoms with Gasteiger partial charge in [-0.15, -0.1) is 11.8 Å². The predicted molar refractivity (Wildman–Crippen MR) is 98.7 cm³/mol. The minimum atomic E-state index is -0.0124. The van der Waals surface area contributed by atoms with Crippen LogP contribution in [0.2, 0.25) is 5.02 Å². The van der Waals surface area contributed by atoms with Gasteiger partial charge in [-0.25, -0.2) is 0 Å². The Morgan fingerprint density at radius 1 is 1.09 bits per heavy atom. The summed E-state index contributed by atoms with van der Waals surface area (Å²) >= 11 is 7.57. The van der Waals surface area contributed by atoms with Crippen LogP contribution in [0.4, 0.5) is 11.4 Å². The number of hydrogen-bond donors (Lipinski definition) is 1. The van der Waals surface area contributed by atoms with E-state index in [1.54, 1.807) is 0 Å². The zero-order valence-electron chi connectivity index (χ0n) is 12.8. The number of nitrogens with zero attached hydrogens (tertiary/aromatic N) is 1. The monoisotopic (exact) mass is 346 g/mol. The normalized spacial score (nSPS) is 14.0. The summed E-state index contributed by atoms with van der Waals surface area (Å²) in [4.78, 5) is 15.5. The van der Waals surface area contributed by atoms with E-state index >= 15 is 0 Å². The van der Waals surface area contributed by atoms with E-state index in [9.17, 15) is 4.79 Å². The lowest BCUT2D eigenvalue weighted by atomic mass is 10.2. The van der Waals surface area contributed by atoms with E-state index in [-0.39, 0.29) is 5.91 Å². The van der Waals surface area contributed by atoms with Crippen LogP contribution in [-0.2, 0) is 4.79 Å². The molecule has 0 atom stereocenters. The average Bonchev–Trinajstić information content (AvgIpc) is 3.09. The van der Waals surface area contributed by atoms with Crippen molar-refractivity contribution >= 4 is 40.6 Å². The number of halogens is 1. The van der Waals surface area contributed by atoms with Crippen LogP contribution in [0.1, 0.15) is 12.8 Å². The molecule has 0 unspecified atom stereocenters. The van der Waals surface area contributed by atoms with Crippen molar-refractivity contribution in [1.29, 1.82) is 0 Å². The minimum absolute atomic E-state index is 0.0124. The van der Waals surface area contributed by atoms with Gasteiger partial charge in [-0.2, -0.15) is 0 Å². The lowest BCUT2D eigenvalue weighted by molar-refractivity contribution is -0.113. The third-order valence-corrected chi connectivity index (χ3v) is 5.34. The summed E-state index contributed by atoms with van der Waals surface area (Å²) in [6.07, 6.45) is 2.43. The highest BCUT2D eigenvalue weighted by Crippen LogP contribution is 2.30. The van der Waals surface area contributed by atoms with Crippen molar-refractivity contribution in [2.75, 3.05) is 29.1 Å². The number of rotatable bonds is 5. The van der Waals surface area contributed by atoms with Gasteiger partial charge >= 0.3 is 0 Å². The van der Waals surface area contributed by atoms with Crippen LogP contribution >= 0.6 is 23.4 Å². The largest absolute Gasteiger partial charge is 0.370 e. The lowest BCUT2D eigenvalue weighted by Gasteiger charge is -2.21. The average molecular weight is 347 g/mol. The Morgan fingerprint density at radius 2 is 1.78 bits per heavy atom. The van der Waals surface area contributed by atoms with Crippen molar-refractivity contribution in [2.24, 2.45) is 0 Å². The second-order valence-corrected chi connectivity index (χ2v) is 6.90. The molecule has 0 saturated carbocycles. The highest BCUT2D eigenvalue weighted by atomic mass is 35.5. The summed E-state index contributed by atoms with van der Waals surface area (Å²) in [7, 11) is 0. The molecule has 1 saturated heterocycles. The summed E-state index contributed by atoms with van der Waals surface area (Å²) in [5.74, 6) is 0.333. The summed E-state index contributed by atoms with van der Waals surface area (Å²) in [5, 5.41) is 3.72. The molecule has 0 radical (unpaired) electrons. The molecule has 5 heteroatoms. The second-order valence-electron chi connectivity index (χ2n) is 5.48. The van der Waals surface area contributed by atoms with Crippen molar-refractivity contribution in [3.63, 3.8) is 0 Å². The maximum absolute atomic E-state index is 12.3. The number of carbonyl (C=O) groups is 1. The Kier molecular flexibility index (Phi) is 5.47. The second kappa shape index (κ2) is 7.75. The zero-order chi connectivity index (χ0) is 16.1. The fourth-order valence-electron chi connectivity index (χ4n) is 2.70. The first kappa shape index (κ1) is 16.2. The molecule has 0 aromatic heterocycles. The van der Waals surface area contributed by atoms with Crippen LogP contribution in [0.3, 0.4) is 0 Å². The predicted octanol–water partition coefficient (Wildman–Crippen LogP) is 4.67. The fourth-order valence-corrected chi connectivity index (χ4v) is 3.74. The smallest absolute Gasteiger partial charge is 0.234 e. The van der Waals surface area contributed by atoms with Crippen LogP contribution < -0.4 is 10.2 Å². The Morgan fingerprint density at radius 3 is 2.57 bits per heavy atom. The zero-order valence-corrected chi connectivity index (χ0v) is 14.4. The lowest BCUT2D eigenvalue weighted by Crippen LogP contribution is -2.21. The Hall–Kier alpha value is -1.65. The Bertz CT molecular complexity index is 686. The molecule has 1 amide bonds. The molecule has 0 bridgehead atoms. The maximum atomic E-state index is 12.3. The van der Waals surface area contributed by atoms with Crippen molar-refractivity contribution in [1.82, 2.24) is 0 Å². The van der Waals surface area contributed by atoms with Crippen LogP contribution in [-0.4, -0.2) is 24.7 Å². The van der Waals surface area contributed by atoms with Crippen molar-refractivity contribution < 1.29 is 4.79 Å². The van der Waals surface area contributed by atoms with Crippen LogP contribution in [0.25, 0.3) is 0 Å². The molecule has 1 aliphatic rings. The summed E-state index contributed by atoms with van der Waals surface area (Å²) in [6, 6.07) is 15.6. The molecular weight excluding hydrogens is 328 g/mol. The number of nitrogens with one attached hydrogen (secondary N) is 1. The number of amides is 1. The topological polar surface area (TPSA) is 32.3 Å². The van der Waals surface area contributed by atoms with Crippen LogP contribution in [0, 0.1) is 0 Å². The molecule has 2 aromatic carbocycles. The summed E-state index contributed by atoms with van der Waals surface area (Å²) in [5.41, 5.74) is 2.00. The van der Waals surface area contributed by atoms with Gasteiger partial charge in [-0.1, -0.05) is 35.9 Å². The molecule has 120 valence electrons. The van der Waals surface area contributed by atoms with Gasteiger partial charge in [-0.05, 0) is 37.1 Å². The molecule has 1 aliphatic heterocycles. The third-order valence-electron chi connectivity index (χ3n) is 3.82. The highest BCUT2D eigenvalue weighted by Gasteiger charge is 2.16. The molecule has 1 heterocycles. The van der Waals surface area contributed by atoms with E-state index in [1.165, 1.54) is 24.6 Å². The van der Waals surface area contributed by atoms with E-state index in [4.69, 9.17) is 11.6 Å². The van der Waals surface area contributed by atoms with Gasteiger partial charge in [0.25, 0.3) is 0 Å². The van der Waals surface area contributed by atoms with E-state index in [1.807, 2.05) is 42.5 Å². The SMILES string of the molecule is O=C(CSc1ccccc1Cl)Nc1ccccc1N1CCCC1. The highest BCUT2D eigenvalue weighted by molar-refractivity contribution is 8.00. The van der Waals surface area contributed by atoms with E-state index in [2.05, 4.69) is 16.3 Å². The van der Waals surface area contributed by atoms with Gasteiger partial charge in [0, 0.05) is 18.0 Å². The number of thioether (sulfide) groups is 1. The molecule has 23 heavy (non-hydrogen) atoms. The molecule has 3 nitrogen and oxygen atoms in total. The van der Waals surface area contributed by atoms with Gasteiger partial charge in [-0.3, -0.25) is 4.79 Å². The van der Waals surface area contributed by atoms with Crippen LogP contribution in [0.15, 0.2) is 53.4 Å². The van der Waals surface area contributed by atoms with Crippen LogP contribution in [0.5, 0.6) is 0 Å². The molecule has 2 aromatic rings. The van der Waals surface area contributed by atoms with Crippen molar-refractivity contribution in [2.45, 2.75) is 17.7 Å². The first-order chi connectivity index (χ1) is 11.2. The maximum Gasteiger partial charge on any atom is 0.234 e. The quantitative estimate of drug-likeness (QED) is 0.798. The van der Waals surface area contributed by atoms with Gasteiger partial charge in [0.15, 0.2) is 0 Å². The number of para-hydroxylation sites is 2.